The predicted octanol–water partition coefficient (Wildman–Crippen LogP) is 2.04. The Morgan fingerprint density at radius 3 is 2.81 bits per heavy atom. The number of aromatic nitrogens is 3. The molecule has 0 bridgehead atoms. The van der Waals surface area contributed by atoms with E-state index in [1.165, 1.54) is 12.8 Å². The lowest BCUT2D eigenvalue weighted by Gasteiger charge is -2.27. The lowest BCUT2D eigenvalue weighted by molar-refractivity contribution is 0.0689. The molecule has 0 spiro atoms. The molecule has 1 aliphatic carbocycles. The van der Waals surface area contributed by atoms with Crippen LogP contribution in [0.25, 0.3) is 0 Å². The van der Waals surface area contributed by atoms with Crippen molar-refractivity contribution in [3.8, 4) is 0 Å². The zero-order chi connectivity index (χ0) is 11.7. The van der Waals surface area contributed by atoms with E-state index < -0.39 is 5.97 Å². The van der Waals surface area contributed by atoms with Crippen LogP contribution >= 0.6 is 0 Å². The Kier molecular flexibility index (Phi) is 2.94. The number of carboxylic acid groups (broad SMARTS) is 1. The second-order valence-electron chi connectivity index (χ2n) is 4.70. The molecule has 0 radical (unpaired) electrons. The Morgan fingerprint density at radius 2 is 2.25 bits per heavy atom. The highest BCUT2D eigenvalue weighted by Crippen LogP contribution is 2.32. The third kappa shape index (κ3) is 1.94. The first-order valence-electron chi connectivity index (χ1n) is 5.74. The van der Waals surface area contributed by atoms with Crippen molar-refractivity contribution in [2.45, 2.75) is 45.6 Å². The second-order valence-corrected chi connectivity index (χ2v) is 4.70. The zero-order valence-electron chi connectivity index (χ0n) is 9.68. The monoisotopic (exact) mass is 223 g/mol. The molecule has 0 aromatic carbocycles. The summed E-state index contributed by atoms with van der Waals surface area (Å²) < 4.78 is 1.79. The Hall–Kier alpha value is -1.39. The number of carbonyl (C=O) groups is 1. The minimum absolute atomic E-state index is 0.0817. The van der Waals surface area contributed by atoms with E-state index in [9.17, 15) is 4.79 Å². The van der Waals surface area contributed by atoms with Crippen LogP contribution in [0.3, 0.4) is 0 Å². The fourth-order valence-electron chi connectivity index (χ4n) is 2.51. The fourth-order valence-corrected chi connectivity index (χ4v) is 2.51. The maximum Gasteiger partial charge on any atom is 0.358 e. The maximum absolute atomic E-state index is 10.9. The number of aromatic carboxylic acids is 1. The topological polar surface area (TPSA) is 68.0 Å². The van der Waals surface area contributed by atoms with Gasteiger partial charge in [-0.15, -0.1) is 5.10 Å². The molecular weight excluding hydrogens is 206 g/mol. The van der Waals surface area contributed by atoms with E-state index in [1.807, 2.05) is 0 Å². The van der Waals surface area contributed by atoms with Crippen LogP contribution in [0.4, 0.5) is 0 Å². The van der Waals surface area contributed by atoms with Crippen molar-refractivity contribution in [1.29, 1.82) is 0 Å². The first-order chi connectivity index (χ1) is 7.59. The van der Waals surface area contributed by atoms with Gasteiger partial charge in [0.1, 0.15) is 0 Å². The quantitative estimate of drug-likeness (QED) is 0.833. The summed E-state index contributed by atoms with van der Waals surface area (Å²) in [6.45, 7) is 4.01. The lowest BCUT2D eigenvalue weighted by Crippen LogP contribution is -2.20. The molecule has 5 nitrogen and oxygen atoms in total. The number of nitrogens with zero attached hydrogens (tertiary/aromatic N) is 3. The van der Waals surface area contributed by atoms with E-state index in [-0.39, 0.29) is 5.69 Å². The first-order valence-corrected chi connectivity index (χ1v) is 5.74. The summed E-state index contributed by atoms with van der Waals surface area (Å²) in [5.74, 6) is -0.303. The lowest BCUT2D eigenvalue weighted by atomic mass is 9.87. The molecule has 1 aromatic heterocycles. The molecule has 5 heteroatoms. The van der Waals surface area contributed by atoms with Crippen LogP contribution in [0.15, 0.2) is 0 Å². The van der Waals surface area contributed by atoms with Gasteiger partial charge in [0, 0.05) is 0 Å². The number of rotatable bonds is 2. The van der Waals surface area contributed by atoms with Gasteiger partial charge in [-0.25, -0.2) is 9.48 Å². The molecule has 2 unspecified atom stereocenters. The molecule has 0 saturated heterocycles. The second kappa shape index (κ2) is 4.23. The molecule has 88 valence electrons. The van der Waals surface area contributed by atoms with Crippen LogP contribution in [0.2, 0.25) is 0 Å². The van der Waals surface area contributed by atoms with Crippen molar-refractivity contribution in [2.24, 2.45) is 5.92 Å². The van der Waals surface area contributed by atoms with E-state index in [2.05, 4.69) is 17.2 Å². The first kappa shape index (κ1) is 11.1. The Balaban J connectivity index is 2.23. The summed E-state index contributed by atoms with van der Waals surface area (Å²) >= 11 is 0. The molecule has 1 fully saturated rings. The molecule has 1 N–H and O–H groups in total. The minimum atomic E-state index is -0.993. The molecule has 0 aliphatic heterocycles. The molecule has 2 atom stereocenters. The van der Waals surface area contributed by atoms with Crippen LogP contribution < -0.4 is 0 Å². The van der Waals surface area contributed by atoms with E-state index in [0.29, 0.717) is 17.7 Å². The van der Waals surface area contributed by atoms with Gasteiger partial charge in [-0.3, -0.25) is 0 Å². The van der Waals surface area contributed by atoms with Gasteiger partial charge in [0.2, 0.25) is 0 Å². The maximum atomic E-state index is 10.9. The van der Waals surface area contributed by atoms with Crippen LogP contribution in [0, 0.1) is 12.8 Å². The Bertz CT molecular complexity index is 400. The Morgan fingerprint density at radius 1 is 1.50 bits per heavy atom. The van der Waals surface area contributed by atoms with Crippen molar-refractivity contribution < 1.29 is 9.90 Å². The van der Waals surface area contributed by atoms with Gasteiger partial charge >= 0.3 is 5.97 Å². The van der Waals surface area contributed by atoms with Crippen molar-refractivity contribution >= 4 is 5.97 Å². The van der Waals surface area contributed by atoms with E-state index >= 15 is 0 Å². The summed E-state index contributed by atoms with van der Waals surface area (Å²) in [6.07, 6.45) is 4.60. The van der Waals surface area contributed by atoms with Crippen molar-refractivity contribution in [1.82, 2.24) is 15.0 Å². The third-order valence-corrected chi connectivity index (χ3v) is 3.38. The van der Waals surface area contributed by atoms with Crippen molar-refractivity contribution in [3.63, 3.8) is 0 Å². The van der Waals surface area contributed by atoms with E-state index in [0.717, 1.165) is 12.8 Å². The average Bonchev–Trinajstić information content (AvgIpc) is 2.60. The Labute approximate surface area is 94.5 Å². The molecule has 2 rings (SSSR count). The highest BCUT2D eigenvalue weighted by molar-refractivity contribution is 5.86. The molecule has 1 heterocycles. The SMILES string of the molecule is Cc1c(C(=O)O)nnn1C1CCCC(C)C1. The van der Waals surface area contributed by atoms with Gasteiger partial charge in [0.05, 0.1) is 11.7 Å². The molecule has 0 amide bonds. The van der Waals surface area contributed by atoms with Gasteiger partial charge in [-0.05, 0) is 25.7 Å². The molecule has 1 aliphatic rings. The highest BCUT2D eigenvalue weighted by atomic mass is 16.4. The zero-order valence-corrected chi connectivity index (χ0v) is 9.68. The largest absolute Gasteiger partial charge is 0.476 e. The van der Waals surface area contributed by atoms with Crippen LogP contribution in [-0.2, 0) is 0 Å². The normalized spacial score (nSPS) is 25.6. The van der Waals surface area contributed by atoms with Gasteiger partial charge in [-0.1, -0.05) is 25.0 Å². The molecular formula is C11H17N3O2. The fraction of sp³-hybridized carbons (Fsp3) is 0.727. The summed E-state index contributed by atoms with van der Waals surface area (Å²) in [7, 11) is 0. The molecule has 1 saturated carbocycles. The van der Waals surface area contributed by atoms with Gasteiger partial charge in [0.25, 0.3) is 0 Å². The number of hydrogen-bond donors (Lipinski definition) is 1. The summed E-state index contributed by atoms with van der Waals surface area (Å²) in [5.41, 5.74) is 0.754. The summed E-state index contributed by atoms with van der Waals surface area (Å²) in [5, 5.41) is 16.6. The van der Waals surface area contributed by atoms with Crippen molar-refractivity contribution in [3.05, 3.63) is 11.4 Å². The van der Waals surface area contributed by atoms with E-state index in [1.54, 1.807) is 11.6 Å². The predicted molar refractivity (Wildman–Crippen MR) is 58.4 cm³/mol. The highest BCUT2D eigenvalue weighted by Gasteiger charge is 2.25. The smallest absolute Gasteiger partial charge is 0.358 e. The van der Waals surface area contributed by atoms with Crippen LogP contribution in [-0.4, -0.2) is 26.1 Å². The van der Waals surface area contributed by atoms with Gasteiger partial charge in [0.15, 0.2) is 5.69 Å². The molecule has 1 aromatic rings. The number of hydrogen-bond acceptors (Lipinski definition) is 3. The summed E-state index contributed by atoms with van der Waals surface area (Å²) in [4.78, 5) is 10.9. The minimum Gasteiger partial charge on any atom is -0.476 e. The van der Waals surface area contributed by atoms with E-state index in [4.69, 9.17) is 5.11 Å². The van der Waals surface area contributed by atoms with Crippen LogP contribution in [0.1, 0.15) is 54.8 Å². The standard InChI is InChI=1S/C11H17N3O2/c1-7-4-3-5-9(6-7)14-8(2)10(11(15)16)12-13-14/h7,9H,3-6H2,1-2H3,(H,15,16). The number of carboxylic acids is 1. The van der Waals surface area contributed by atoms with Crippen molar-refractivity contribution in [2.75, 3.05) is 0 Å². The summed E-state index contributed by atoms with van der Waals surface area (Å²) in [6, 6.07) is 0.323. The third-order valence-electron chi connectivity index (χ3n) is 3.38. The van der Waals surface area contributed by atoms with Gasteiger partial charge in [-0.2, -0.15) is 0 Å². The van der Waals surface area contributed by atoms with Crippen LogP contribution in [0.5, 0.6) is 0 Å². The average molecular weight is 223 g/mol. The molecule has 16 heavy (non-hydrogen) atoms. The van der Waals surface area contributed by atoms with Gasteiger partial charge < -0.3 is 5.11 Å².